The Bertz CT molecular complexity index is 589. The van der Waals surface area contributed by atoms with E-state index in [1.807, 2.05) is 0 Å². The van der Waals surface area contributed by atoms with E-state index < -0.39 is 5.97 Å². The topological polar surface area (TPSA) is 59.4 Å². The zero-order valence-corrected chi connectivity index (χ0v) is 10.4. The van der Waals surface area contributed by atoms with Gasteiger partial charge in [-0.25, -0.2) is 4.79 Å². The molecule has 0 aliphatic heterocycles. The van der Waals surface area contributed by atoms with Crippen molar-refractivity contribution in [3.8, 4) is 5.75 Å². The number of pyridine rings is 1. The first kappa shape index (κ1) is 12.8. The molecule has 0 fully saturated rings. The number of aromatic nitrogens is 1. The molecular weight excluding hydrogens is 242 g/mol. The van der Waals surface area contributed by atoms with Gasteiger partial charge in [-0.3, -0.25) is 4.98 Å². The van der Waals surface area contributed by atoms with Gasteiger partial charge in [-0.15, -0.1) is 0 Å². The molecule has 2 aromatic rings. The van der Waals surface area contributed by atoms with Crippen molar-refractivity contribution in [3.05, 3.63) is 59.9 Å². The highest BCUT2D eigenvalue weighted by Gasteiger charge is 2.10. The van der Waals surface area contributed by atoms with Gasteiger partial charge in [-0.05, 0) is 29.8 Å². The molecule has 96 valence electrons. The summed E-state index contributed by atoms with van der Waals surface area (Å²) in [5, 5.41) is 9.27. The second-order valence-corrected chi connectivity index (χ2v) is 3.88. The predicted octanol–water partition coefficient (Wildman–Crippen LogP) is 2.72. The minimum atomic E-state index is -0.983. The largest absolute Gasteiger partial charge is 0.497 e. The van der Waals surface area contributed by atoms with Crippen LogP contribution in [0.3, 0.4) is 0 Å². The Morgan fingerprint density at radius 2 is 2.00 bits per heavy atom. The van der Waals surface area contributed by atoms with Crippen molar-refractivity contribution in [1.29, 1.82) is 0 Å². The maximum Gasteiger partial charge on any atom is 0.336 e. The normalized spacial score (nSPS) is 11.1. The number of carboxylic acids is 1. The Hall–Kier alpha value is -2.62. The van der Waals surface area contributed by atoms with Gasteiger partial charge in [0.1, 0.15) is 5.75 Å². The Morgan fingerprint density at radius 3 is 2.53 bits per heavy atom. The highest BCUT2D eigenvalue weighted by molar-refractivity contribution is 6.20. The highest BCUT2D eigenvalue weighted by atomic mass is 16.5. The molecule has 0 aliphatic rings. The van der Waals surface area contributed by atoms with E-state index in [0.29, 0.717) is 5.56 Å². The molecule has 0 bridgehead atoms. The highest BCUT2D eigenvalue weighted by Crippen LogP contribution is 2.19. The van der Waals surface area contributed by atoms with Crippen molar-refractivity contribution in [2.24, 2.45) is 0 Å². The van der Waals surface area contributed by atoms with E-state index >= 15 is 0 Å². The lowest BCUT2D eigenvalue weighted by Gasteiger charge is -2.03. The molecule has 0 atom stereocenters. The maximum atomic E-state index is 11.3. The van der Waals surface area contributed by atoms with Gasteiger partial charge < -0.3 is 9.84 Å². The van der Waals surface area contributed by atoms with E-state index in [1.54, 1.807) is 55.8 Å². The van der Waals surface area contributed by atoms with Crippen LogP contribution in [0.2, 0.25) is 0 Å². The van der Waals surface area contributed by atoms with Gasteiger partial charge in [0.05, 0.1) is 12.7 Å². The number of methoxy groups -OCH3 is 1. The van der Waals surface area contributed by atoms with E-state index in [4.69, 9.17) is 4.74 Å². The third-order valence-corrected chi connectivity index (χ3v) is 2.63. The van der Waals surface area contributed by atoms with Gasteiger partial charge in [0.25, 0.3) is 0 Å². The molecule has 19 heavy (non-hydrogen) atoms. The van der Waals surface area contributed by atoms with Crippen LogP contribution >= 0.6 is 0 Å². The van der Waals surface area contributed by atoms with E-state index in [9.17, 15) is 9.90 Å². The fraction of sp³-hybridized carbons (Fsp3) is 0.0667. The summed E-state index contributed by atoms with van der Waals surface area (Å²) in [5.74, 6) is -0.251. The monoisotopic (exact) mass is 255 g/mol. The number of aliphatic carboxylic acids is 1. The molecule has 4 heteroatoms. The molecule has 0 aliphatic carbocycles. The smallest absolute Gasteiger partial charge is 0.336 e. The fourth-order valence-electron chi connectivity index (χ4n) is 1.66. The van der Waals surface area contributed by atoms with Crippen molar-refractivity contribution in [2.75, 3.05) is 7.11 Å². The van der Waals surface area contributed by atoms with Crippen LogP contribution in [-0.4, -0.2) is 23.2 Å². The second-order valence-electron chi connectivity index (χ2n) is 3.88. The minimum Gasteiger partial charge on any atom is -0.497 e. The molecule has 0 saturated carbocycles. The first-order chi connectivity index (χ1) is 9.20. The first-order valence-electron chi connectivity index (χ1n) is 5.70. The minimum absolute atomic E-state index is 0.207. The number of carboxylic acid groups (broad SMARTS) is 1. The Labute approximate surface area is 111 Å². The van der Waals surface area contributed by atoms with Gasteiger partial charge in [0.15, 0.2) is 0 Å². The Kier molecular flexibility index (Phi) is 3.93. The number of nitrogens with zero attached hydrogens (tertiary/aromatic N) is 1. The number of hydrogen-bond acceptors (Lipinski definition) is 3. The van der Waals surface area contributed by atoms with Crippen molar-refractivity contribution in [2.45, 2.75) is 0 Å². The van der Waals surface area contributed by atoms with Gasteiger partial charge >= 0.3 is 5.97 Å². The molecule has 2 rings (SSSR count). The number of hydrogen-bond donors (Lipinski definition) is 1. The van der Waals surface area contributed by atoms with Gasteiger partial charge in [-0.2, -0.15) is 0 Å². The molecular formula is C15H13NO3. The predicted molar refractivity (Wildman–Crippen MR) is 72.7 cm³/mol. The van der Waals surface area contributed by atoms with Crippen LogP contribution in [0.25, 0.3) is 11.6 Å². The summed E-state index contributed by atoms with van der Waals surface area (Å²) in [6, 6.07) is 10.6. The van der Waals surface area contributed by atoms with Crippen molar-refractivity contribution in [3.63, 3.8) is 0 Å². The number of rotatable bonds is 4. The fourth-order valence-corrected chi connectivity index (χ4v) is 1.66. The van der Waals surface area contributed by atoms with Crippen LogP contribution in [0.5, 0.6) is 5.75 Å². The van der Waals surface area contributed by atoms with Crippen LogP contribution in [0, 0.1) is 0 Å². The van der Waals surface area contributed by atoms with Crippen LogP contribution in [0.4, 0.5) is 0 Å². The molecule has 1 N–H and O–H groups in total. The molecule has 0 amide bonds. The molecule has 1 aromatic heterocycles. The summed E-state index contributed by atoms with van der Waals surface area (Å²) in [6.45, 7) is 0. The Morgan fingerprint density at radius 1 is 1.26 bits per heavy atom. The number of ether oxygens (including phenoxy) is 1. The summed E-state index contributed by atoms with van der Waals surface area (Å²) in [4.78, 5) is 15.2. The molecule has 1 heterocycles. The zero-order chi connectivity index (χ0) is 13.7. The number of carbonyl (C=O) groups is 1. The molecule has 1 aromatic carbocycles. The summed E-state index contributed by atoms with van der Waals surface area (Å²) in [6.07, 6.45) is 4.75. The summed E-state index contributed by atoms with van der Waals surface area (Å²) in [5.41, 5.74) is 1.58. The van der Waals surface area contributed by atoms with Crippen LogP contribution in [0.15, 0.2) is 48.8 Å². The molecule has 4 nitrogen and oxygen atoms in total. The van der Waals surface area contributed by atoms with Gasteiger partial charge in [0, 0.05) is 18.0 Å². The molecule has 0 spiro atoms. The quantitative estimate of drug-likeness (QED) is 0.853. The average Bonchev–Trinajstić information content (AvgIpc) is 2.46. The SMILES string of the molecule is COc1ccc(C=C(C(=O)O)c2cccnc2)cc1. The summed E-state index contributed by atoms with van der Waals surface area (Å²) < 4.78 is 5.06. The molecule has 0 unspecified atom stereocenters. The molecule has 0 saturated heterocycles. The van der Waals surface area contributed by atoms with Crippen molar-refractivity contribution in [1.82, 2.24) is 4.98 Å². The van der Waals surface area contributed by atoms with Gasteiger partial charge in [-0.1, -0.05) is 18.2 Å². The van der Waals surface area contributed by atoms with E-state index in [0.717, 1.165) is 11.3 Å². The molecule has 0 radical (unpaired) electrons. The lowest BCUT2D eigenvalue weighted by atomic mass is 10.0. The lowest BCUT2D eigenvalue weighted by Crippen LogP contribution is -1.99. The maximum absolute atomic E-state index is 11.3. The second kappa shape index (κ2) is 5.82. The van der Waals surface area contributed by atoms with Gasteiger partial charge in [0.2, 0.25) is 0 Å². The standard InChI is InChI=1S/C15H13NO3/c1-19-13-6-4-11(5-7-13)9-14(15(17)18)12-3-2-8-16-10-12/h2-10H,1H3,(H,17,18). The van der Waals surface area contributed by atoms with Crippen LogP contribution in [0.1, 0.15) is 11.1 Å². The average molecular weight is 255 g/mol. The first-order valence-corrected chi connectivity index (χ1v) is 5.70. The third-order valence-electron chi connectivity index (χ3n) is 2.63. The van der Waals surface area contributed by atoms with Crippen LogP contribution in [-0.2, 0) is 4.79 Å². The summed E-state index contributed by atoms with van der Waals surface area (Å²) >= 11 is 0. The Balaban J connectivity index is 2.38. The van der Waals surface area contributed by atoms with E-state index in [-0.39, 0.29) is 5.57 Å². The van der Waals surface area contributed by atoms with Crippen molar-refractivity contribution < 1.29 is 14.6 Å². The van der Waals surface area contributed by atoms with Crippen molar-refractivity contribution >= 4 is 17.6 Å². The van der Waals surface area contributed by atoms with E-state index in [2.05, 4.69) is 4.98 Å². The zero-order valence-electron chi connectivity index (χ0n) is 10.4. The third kappa shape index (κ3) is 3.19. The summed E-state index contributed by atoms with van der Waals surface area (Å²) in [7, 11) is 1.59. The van der Waals surface area contributed by atoms with E-state index in [1.165, 1.54) is 6.20 Å². The lowest BCUT2D eigenvalue weighted by molar-refractivity contribution is -0.130. The number of benzene rings is 1. The van der Waals surface area contributed by atoms with Crippen LogP contribution < -0.4 is 4.74 Å².